The number of ether oxygens (including phenoxy) is 1. The lowest BCUT2D eigenvalue weighted by molar-refractivity contribution is -0.148. The highest BCUT2D eigenvalue weighted by atomic mass is 127. The lowest BCUT2D eigenvalue weighted by Gasteiger charge is -2.61. The number of benzene rings is 1. The predicted octanol–water partition coefficient (Wildman–Crippen LogP) is 7.03. The number of carbonyl (C=O) groups is 2. The number of aliphatic hydroxyl groups is 2. The molecule has 4 aliphatic carbocycles. The van der Waals surface area contributed by atoms with Crippen LogP contribution in [-0.2, 0) is 9.59 Å². The molecule has 4 aliphatic rings. The second-order valence-corrected chi connectivity index (χ2v) is 15.4. The highest BCUT2D eigenvalue weighted by Crippen LogP contribution is 2.61. The number of nitrogens with zero attached hydrogens (tertiary/aromatic N) is 1. The molecule has 1 aromatic rings. The van der Waals surface area contributed by atoms with Crippen molar-refractivity contribution in [3.63, 3.8) is 0 Å². The van der Waals surface area contributed by atoms with Crippen LogP contribution in [0.3, 0.4) is 0 Å². The largest absolute Gasteiger partial charge is 0.482 e. The second kappa shape index (κ2) is 17.5. The van der Waals surface area contributed by atoms with Crippen LogP contribution in [0.4, 0.5) is 0 Å². The Morgan fingerprint density at radius 3 is 2.38 bits per heavy atom. The topological polar surface area (TPSA) is 99.1 Å². The van der Waals surface area contributed by atoms with Crippen LogP contribution >= 0.6 is 22.6 Å². The highest BCUT2D eigenvalue weighted by Gasteiger charge is 2.55. The lowest BCUT2D eigenvalue weighted by atomic mass is 9.45. The zero-order valence-corrected chi connectivity index (χ0v) is 30.0. The number of nitrogens with one attached hydrogen (secondary N) is 1. The van der Waals surface area contributed by atoms with Gasteiger partial charge in [0.15, 0.2) is 0 Å². The van der Waals surface area contributed by atoms with Gasteiger partial charge in [0, 0.05) is 31.5 Å². The van der Waals surface area contributed by atoms with Gasteiger partial charge in [0.05, 0.1) is 16.2 Å². The highest BCUT2D eigenvalue weighted by molar-refractivity contribution is 14.1. The molecule has 0 aromatic heterocycles. The summed E-state index contributed by atoms with van der Waals surface area (Å²) in [4.78, 5) is 29.3. The minimum absolute atomic E-state index is 0.0753. The van der Waals surface area contributed by atoms with Crippen molar-refractivity contribution < 1.29 is 24.5 Å². The van der Waals surface area contributed by atoms with Gasteiger partial charge in [0.1, 0.15) is 18.0 Å². The molecule has 0 radical (unpaired) electrons. The number of hydrogen-bond donors (Lipinski definition) is 3. The predicted molar refractivity (Wildman–Crippen MR) is 188 cm³/mol. The molecule has 45 heavy (non-hydrogen) atoms. The molecule has 8 heteroatoms. The van der Waals surface area contributed by atoms with Crippen LogP contribution in [0.5, 0.6) is 5.75 Å². The maximum absolute atomic E-state index is 14.1. The molecule has 2 amide bonds. The Kier molecular flexibility index (Phi) is 14.1. The number of hydrogen-bond acceptors (Lipinski definition) is 5. The standard InChI is InChI=1S/C37H57IN2O5/c1-4-5-6-7-8-9-10-11-12-17-34(42)40(25-26-18-19-28-24-29(26)37(28,2)3)31-22-27(36(44)39-20-21-41)23-33(35(31)43)45-32-16-14-13-15-30(32)38/h13-16,23,26,28-29,31,33,35,41,43H,4-12,17-22,24-25H2,1-3H3,(H,39,44)/t26-,28-,29-,31+,33-,35-/m0/s1. The van der Waals surface area contributed by atoms with Gasteiger partial charge in [-0.25, -0.2) is 0 Å². The monoisotopic (exact) mass is 736 g/mol. The fourth-order valence-electron chi connectivity index (χ4n) is 8.05. The summed E-state index contributed by atoms with van der Waals surface area (Å²) in [6.07, 6.45) is 14.9. The van der Waals surface area contributed by atoms with Crippen LogP contribution in [-0.4, -0.2) is 64.9 Å². The molecule has 3 fully saturated rings. The van der Waals surface area contributed by atoms with Crippen LogP contribution in [0.25, 0.3) is 0 Å². The number of aliphatic hydroxyl groups excluding tert-OH is 2. The second-order valence-electron chi connectivity index (χ2n) is 14.3. The van der Waals surface area contributed by atoms with Gasteiger partial charge in [-0.05, 0) is 89.7 Å². The van der Waals surface area contributed by atoms with Crippen molar-refractivity contribution in [2.45, 2.75) is 129 Å². The molecule has 252 valence electrons. The summed E-state index contributed by atoms with van der Waals surface area (Å²) in [5, 5.41) is 24.0. The molecule has 0 saturated heterocycles. The molecule has 0 aliphatic heterocycles. The molecule has 0 heterocycles. The van der Waals surface area contributed by atoms with Crippen molar-refractivity contribution in [2.75, 3.05) is 19.7 Å². The first-order valence-corrected chi connectivity index (χ1v) is 18.7. The minimum Gasteiger partial charge on any atom is -0.482 e. The quantitative estimate of drug-likeness (QED) is 0.111. The number of unbranched alkanes of at least 4 members (excludes halogenated alkanes) is 8. The fourth-order valence-corrected chi connectivity index (χ4v) is 8.57. The van der Waals surface area contributed by atoms with E-state index in [1.165, 1.54) is 51.4 Å². The number of para-hydroxylation sites is 1. The smallest absolute Gasteiger partial charge is 0.247 e. The van der Waals surface area contributed by atoms with Gasteiger partial charge in [0.25, 0.3) is 0 Å². The minimum atomic E-state index is -0.979. The Hall–Kier alpha value is -1.65. The van der Waals surface area contributed by atoms with E-state index in [2.05, 4.69) is 48.7 Å². The molecule has 3 saturated carbocycles. The van der Waals surface area contributed by atoms with E-state index in [1.807, 2.05) is 29.2 Å². The van der Waals surface area contributed by atoms with E-state index in [0.717, 1.165) is 35.2 Å². The Labute approximate surface area is 285 Å². The number of rotatable bonds is 18. The van der Waals surface area contributed by atoms with Gasteiger partial charge in [-0.1, -0.05) is 84.3 Å². The van der Waals surface area contributed by atoms with Crippen molar-refractivity contribution >= 4 is 34.4 Å². The third kappa shape index (κ3) is 9.47. The molecule has 0 spiro atoms. The summed E-state index contributed by atoms with van der Waals surface area (Å²) in [6, 6.07) is 7.06. The molecule has 6 atom stereocenters. The SMILES string of the molecule is CCCCCCCCCCCC(=O)N(C[C@@H]1CC[C@H]2C[C@@H]1C2(C)C)[C@@H]1CC(C(=O)NCCO)=C[C@H](Oc2ccccc2I)[C@H]1O. The van der Waals surface area contributed by atoms with Crippen LogP contribution in [0.1, 0.15) is 111 Å². The molecule has 1 aromatic carbocycles. The van der Waals surface area contributed by atoms with Gasteiger partial charge in [-0.15, -0.1) is 0 Å². The van der Waals surface area contributed by atoms with Crippen molar-refractivity contribution in [3.05, 3.63) is 39.5 Å². The van der Waals surface area contributed by atoms with Gasteiger partial charge in [0.2, 0.25) is 11.8 Å². The molecular formula is C37H57IN2O5. The number of amides is 2. The maximum atomic E-state index is 14.1. The summed E-state index contributed by atoms with van der Waals surface area (Å²) in [5.41, 5.74) is 0.772. The average Bonchev–Trinajstić information content (AvgIpc) is 3.03. The molecule has 5 rings (SSSR count). The Bertz CT molecular complexity index is 1140. The first kappa shape index (κ1) is 36.2. The van der Waals surface area contributed by atoms with E-state index in [9.17, 15) is 19.8 Å². The molecule has 0 unspecified atom stereocenters. The molecule has 2 bridgehead atoms. The first-order valence-electron chi connectivity index (χ1n) is 17.7. The Morgan fingerprint density at radius 2 is 1.73 bits per heavy atom. The Morgan fingerprint density at radius 1 is 1.04 bits per heavy atom. The van der Waals surface area contributed by atoms with Crippen molar-refractivity contribution in [1.29, 1.82) is 0 Å². The Balaban J connectivity index is 1.51. The maximum Gasteiger partial charge on any atom is 0.247 e. The summed E-state index contributed by atoms with van der Waals surface area (Å²) in [5.74, 6) is 2.14. The van der Waals surface area contributed by atoms with Crippen molar-refractivity contribution in [1.82, 2.24) is 10.2 Å². The van der Waals surface area contributed by atoms with Crippen LogP contribution in [0, 0.1) is 26.7 Å². The van der Waals surface area contributed by atoms with E-state index in [4.69, 9.17) is 4.74 Å². The van der Waals surface area contributed by atoms with E-state index in [1.54, 1.807) is 6.08 Å². The third-order valence-electron chi connectivity index (χ3n) is 11.0. The van der Waals surface area contributed by atoms with Gasteiger partial charge in [-0.2, -0.15) is 0 Å². The summed E-state index contributed by atoms with van der Waals surface area (Å²) >= 11 is 2.21. The van der Waals surface area contributed by atoms with Gasteiger partial charge >= 0.3 is 0 Å². The number of fused-ring (bicyclic) bond motifs is 2. The van der Waals surface area contributed by atoms with Gasteiger partial charge in [-0.3, -0.25) is 9.59 Å². The lowest BCUT2D eigenvalue weighted by Crippen LogP contribution is -2.59. The van der Waals surface area contributed by atoms with E-state index < -0.39 is 18.2 Å². The molecular weight excluding hydrogens is 679 g/mol. The molecule has 7 nitrogen and oxygen atoms in total. The van der Waals surface area contributed by atoms with Crippen LogP contribution in [0.15, 0.2) is 35.9 Å². The van der Waals surface area contributed by atoms with E-state index in [0.29, 0.717) is 36.1 Å². The van der Waals surface area contributed by atoms with E-state index >= 15 is 0 Å². The first-order chi connectivity index (χ1) is 21.7. The van der Waals surface area contributed by atoms with E-state index in [-0.39, 0.29) is 36.8 Å². The van der Waals surface area contributed by atoms with Crippen LogP contribution in [0.2, 0.25) is 0 Å². The molecule has 3 N–H and O–H groups in total. The summed E-state index contributed by atoms with van der Waals surface area (Å²) in [7, 11) is 0. The summed E-state index contributed by atoms with van der Waals surface area (Å²) < 4.78 is 7.26. The summed E-state index contributed by atoms with van der Waals surface area (Å²) in [6.45, 7) is 7.59. The zero-order valence-electron chi connectivity index (χ0n) is 27.8. The average molecular weight is 737 g/mol. The van der Waals surface area contributed by atoms with Crippen LogP contribution < -0.4 is 10.1 Å². The van der Waals surface area contributed by atoms with Crippen molar-refractivity contribution in [3.8, 4) is 5.75 Å². The van der Waals surface area contributed by atoms with Gasteiger partial charge < -0.3 is 25.2 Å². The normalized spacial score (nSPS) is 26.8. The van der Waals surface area contributed by atoms with Crippen molar-refractivity contribution in [2.24, 2.45) is 23.2 Å². The third-order valence-corrected chi connectivity index (χ3v) is 11.9. The number of halogens is 1. The zero-order chi connectivity index (χ0) is 32.4. The number of carbonyl (C=O) groups excluding carboxylic acids is 2. The fraction of sp³-hybridized carbons (Fsp3) is 0.730.